The molecule has 0 fully saturated rings. The lowest BCUT2D eigenvalue weighted by Gasteiger charge is -2.39. The molecule has 0 aliphatic rings. The molecule has 0 heterocycles. The van der Waals surface area contributed by atoms with Crippen LogP contribution in [0.3, 0.4) is 0 Å². The van der Waals surface area contributed by atoms with Gasteiger partial charge in [-0.05, 0) is 33.2 Å². The van der Waals surface area contributed by atoms with Gasteiger partial charge < -0.3 is 11.1 Å². The van der Waals surface area contributed by atoms with Crippen LogP contribution in [-0.2, 0) is 4.79 Å². The van der Waals surface area contributed by atoms with Crippen molar-refractivity contribution in [1.82, 2.24) is 10.2 Å². The van der Waals surface area contributed by atoms with Crippen LogP contribution in [0.2, 0.25) is 0 Å². The van der Waals surface area contributed by atoms with Crippen LogP contribution < -0.4 is 11.1 Å². The summed E-state index contributed by atoms with van der Waals surface area (Å²) in [7, 11) is 0. The standard InChI is InChI=1S/C13H29N3O/c1-6-11(4)15-12(17)9-16(8-3)13(5,7-2)10-14/h11H,6-10,14H2,1-5H3,(H,15,17). The summed E-state index contributed by atoms with van der Waals surface area (Å²) in [6.07, 6.45) is 1.91. The molecular formula is C13H29N3O. The molecule has 0 saturated heterocycles. The van der Waals surface area contributed by atoms with Crippen molar-refractivity contribution in [3.63, 3.8) is 0 Å². The zero-order valence-electron chi connectivity index (χ0n) is 12.0. The van der Waals surface area contributed by atoms with Gasteiger partial charge in [0.25, 0.3) is 0 Å². The van der Waals surface area contributed by atoms with E-state index in [1.54, 1.807) is 0 Å². The molecule has 4 heteroatoms. The molecular weight excluding hydrogens is 214 g/mol. The van der Waals surface area contributed by atoms with Crippen molar-refractivity contribution in [2.75, 3.05) is 19.6 Å². The minimum Gasteiger partial charge on any atom is -0.353 e. The lowest BCUT2D eigenvalue weighted by Crippen LogP contribution is -2.54. The summed E-state index contributed by atoms with van der Waals surface area (Å²) in [4.78, 5) is 14.0. The SMILES string of the molecule is CCC(C)NC(=O)CN(CC)C(C)(CC)CN. The van der Waals surface area contributed by atoms with E-state index in [4.69, 9.17) is 5.73 Å². The second-order valence-corrected chi connectivity index (χ2v) is 4.95. The molecule has 0 aromatic rings. The predicted octanol–water partition coefficient (Wildman–Crippen LogP) is 1.35. The number of nitrogens with zero attached hydrogens (tertiary/aromatic N) is 1. The Morgan fingerprint density at radius 1 is 1.41 bits per heavy atom. The topological polar surface area (TPSA) is 58.4 Å². The minimum absolute atomic E-state index is 0.0818. The Bertz CT molecular complexity index is 227. The van der Waals surface area contributed by atoms with Gasteiger partial charge in [-0.3, -0.25) is 9.69 Å². The summed E-state index contributed by atoms with van der Waals surface area (Å²) in [6, 6.07) is 0.243. The first-order valence-electron chi connectivity index (χ1n) is 6.67. The molecule has 1 amide bonds. The Labute approximate surface area is 106 Å². The van der Waals surface area contributed by atoms with Crippen molar-refractivity contribution in [3.05, 3.63) is 0 Å². The lowest BCUT2D eigenvalue weighted by molar-refractivity contribution is -0.124. The van der Waals surface area contributed by atoms with Gasteiger partial charge in [-0.1, -0.05) is 20.8 Å². The highest BCUT2D eigenvalue weighted by Gasteiger charge is 2.28. The van der Waals surface area contributed by atoms with E-state index in [0.717, 1.165) is 19.4 Å². The van der Waals surface area contributed by atoms with Gasteiger partial charge in [0.15, 0.2) is 0 Å². The van der Waals surface area contributed by atoms with Crippen LogP contribution in [0.5, 0.6) is 0 Å². The summed E-state index contributed by atoms with van der Waals surface area (Å²) >= 11 is 0. The van der Waals surface area contributed by atoms with Crippen molar-refractivity contribution >= 4 is 5.91 Å². The van der Waals surface area contributed by atoms with E-state index in [1.807, 2.05) is 6.92 Å². The van der Waals surface area contributed by atoms with Crippen molar-refractivity contribution < 1.29 is 4.79 Å². The minimum atomic E-state index is -0.0818. The molecule has 0 rings (SSSR count). The molecule has 2 unspecified atom stereocenters. The van der Waals surface area contributed by atoms with Gasteiger partial charge in [0, 0.05) is 18.1 Å². The number of carbonyl (C=O) groups excluding carboxylic acids is 1. The summed E-state index contributed by atoms with van der Waals surface area (Å²) < 4.78 is 0. The number of rotatable bonds is 8. The number of amides is 1. The molecule has 2 atom stereocenters. The molecule has 0 radical (unpaired) electrons. The summed E-state index contributed by atoms with van der Waals surface area (Å²) in [5, 5.41) is 2.99. The third-order valence-corrected chi connectivity index (χ3v) is 3.70. The number of hydrogen-bond acceptors (Lipinski definition) is 3. The van der Waals surface area contributed by atoms with E-state index < -0.39 is 0 Å². The first-order chi connectivity index (χ1) is 7.93. The Morgan fingerprint density at radius 2 is 2.00 bits per heavy atom. The van der Waals surface area contributed by atoms with Crippen molar-refractivity contribution in [1.29, 1.82) is 0 Å². The van der Waals surface area contributed by atoms with Crippen molar-refractivity contribution in [3.8, 4) is 0 Å². The third-order valence-electron chi connectivity index (χ3n) is 3.70. The highest BCUT2D eigenvalue weighted by Crippen LogP contribution is 2.17. The smallest absolute Gasteiger partial charge is 0.234 e. The van der Waals surface area contributed by atoms with Crippen molar-refractivity contribution in [2.45, 2.75) is 59.0 Å². The maximum Gasteiger partial charge on any atom is 0.234 e. The fourth-order valence-electron chi connectivity index (χ4n) is 1.78. The van der Waals surface area contributed by atoms with Gasteiger partial charge in [-0.25, -0.2) is 0 Å². The van der Waals surface area contributed by atoms with E-state index in [2.05, 4.69) is 37.9 Å². The van der Waals surface area contributed by atoms with Gasteiger partial charge in [0.1, 0.15) is 0 Å². The quantitative estimate of drug-likeness (QED) is 0.676. The number of hydrogen-bond donors (Lipinski definition) is 2. The number of nitrogens with two attached hydrogens (primary N) is 1. The van der Waals surface area contributed by atoms with E-state index in [1.165, 1.54) is 0 Å². The van der Waals surface area contributed by atoms with Crippen LogP contribution in [0.1, 0.15) is 47.5 Å². The number of nitrogens with one attached hydrogen (secondary N) is 1. The Morgan fingerprint density at radius 3 is 2.35 bits per heavy atom. The Kier molecular flexibility index (Phi) is 7.39. The molecule has 3 N–H and O–H groups in total. The van der Waals surface area contributed by atoms with Crippen LogP contribution in [-0.4, -0.2) is 42.0 Å². The molecule has 0 aliphatic heterocycles. The largest absolute Gasteiger partial charge is 0.353 e. The summed E-state index contributed by atoms with van der Waals surface area (Å²) in [5.41, 5.74) is 5.74. The fourth-order valence-corrected chi connectivity index (χ4v) is 1.78. The van der Waals surface area contributed by atoms with Crippen LogP contribution >= 0.6 is 0 Å². The van der Waals surface area contributed by atoms with Crippen LogP contribution in [0, 0.1) is 0 Å². The second kappa shape index (κ2) is 7.67. The van der Waals surface area contributed by atoms with Gasteiger partial charge >= 0.3 is 0 Å². The van der Waals surface area contributed by atoms with Crippen LogP contribution in [0.25, 0.3) is 0 Å². The Balaban J connectivity index is 4.44. The number of likely N-dealkylation sites (N-methyl/N-ethyl adjacent to an activating group) is 1. The molecule has 4 nitrogen and oxygen atoms in total. The number of carbonyl (C=O) groups is 1. The van der Waals surface area contributed by atoms with Gasteiger partial charge in [0.2, 0.25) is 5.91 Å². The molecule has 0 saturated carbocycles. The van der Waals surface area contributed by atoms with Gasteiger partial charge in [-0.2, -0.15) is 0 Å². The summed E-state index contributed by atoms with van der Waals surface area (Å²) in [6.45, 7) is 12.2. The fraction of sp³-hybridized carbons (Fsp3) is 0.923. The second-order valence-electron chi connectivity index (χ2n) is 4.95. The maximum absolute atomic E-state index is 11.9. The zero-order chi connectivity index (χ0) is 13.5. The van der Waals surface area contributed by atoms with Gasteiger partial charge in [-0.15, -0.1) is 0 Å². The molecule has 0 aromatic carbocycles. The highest BCUT2D eigenvalue weighted by atomic mass is 16.2. The molecule has 0 bridgehead atoms. The zero-order valence-corrected chi connectivity index (χ0v) is 12.0. The maximum atomic E-state index is 11.9. The molecule has 0 spiro atoms. The predicted molar refractivity (Wildman–Crippen MR) is 72.9 cm³/mol. The normalized spacial score (nSPS) is 16.6. The van der Waals surface area contributed by atoms with Crippen LogP contribution in [0.4, 0.5) is 0 Å². The first kappa shape index (κ1) is 16.4. The molecule has 17 heavy (non-hydrogen) atoms. The monoisotopic (exact) mass is 243 g/mol. The van der Waals surface area contributed by atoms with Crippen LogP contribution in [0.15, 0.2) is 0 Å². The molecule has 102 valence electrons. The van der Waals surface area contributed by atoms with E-state index in [-0.39, 0.29) is 17.5 Å². The first-order valence-corrected chi connectivity index (χ1v) is 6.67. The van der Waals surface area contributed by atoms with E-state index >= 15 is 0 Å². The van der Waals surface area contributed by atoms with E-state index in [9.17, 15) is 4.79 Å². The highest BCUT2D eigenvalue weighted by molar-refractivity contribution is 5.78. The van der Waals surface area contributed by atoms with Crippen molar-refractivity contribution in [2.24, 2.45) is 5.73 Å². The molecule has 0 aliphatic carbocycles. The summed E-state index contributed by atoms with van der Waals surface area (Å²) in [5.74, 6) is 0.0920. The molecule has 0 aromatic heterocycles. The average molecular weight is 243 g/mol. The lowest BCUT2D eigenvalue weighted by atomic mass is 9.96. The Hall–Kier alpha value is -0.610. The average Bonchev–Trinajstić information content (AvgIpc) is 2.34. The van der Waals surface area contributed by atoms with E-state index in [0.29, 0.717) is 13.1 Å². The third kappa shape index (κ3) is 5.04. The van der Waals surface area contributed by atoms with Gasteiger partial charge in [0.05, 0.1) is 6.54 Å².